The summed E-state index contributed by atoms with van der Waals surface area (Å²) in [6.45, 7) is 5.73. The van der Waals surface area contributed by atoms with E-state index in [1.165, 1.54) is 0 Å². The van der Waals surface area contributed by atoms with Crippen molar-refractivity contribution in [3.63, 3.8) is 0 Å². The summed E-state index contributed by atoms with van der Waals surface area (Å²) in [4.78, 5) is 11.7. The number of carbonyl (C=O) groups is 1. The lowest BCUT2D eigenvalue weighted by Gasteiger charge is -2.25. The van der Waals surface area contributed by atoms with E-state index in [1.54, 1.807) is 18.9 Å². The van der Waals surface area contributed by atoms with E-state index < -0.39 is 0 Å². The van der Waals surface area contributed by atoms with Crippen LogP contribution in [0.2, 0.25) is 0 Å². The molecule has 1 saturated heterocycles. The van der Waals surface area contributed by atoms with Gasteiger partial charge in [-0.2, -0.15) is 0 Å². The third-order valence-corrected chi connectivity index (χ3v) is 3.70. The third-order valence-electron chi connectivity index (χ3n) is 2.76. The summed E-state index contributed by atoms with van der Waals surface area (Å²) in [5.41, 5.74) is 0.0947. The average Bonchev–Trinajstić information content (AvgIpc) is 2.77. The minimum atomic E-state index is -0.0109. The molecule has 0 radical (unpaired) electrons. The predicted molar refractivity (Wildman–Crippen MR) is 67.5 cm³/mol. The molecule has 1 rings (SSSR count). The summed E-state index contributed by atoms with van der Waals surface area (Å²) in [6.07, 6.45) is 0.955. The Hall–Kier alpha value is -0.260. The van der Waals surface area contributed by atoms with Gasteiger partial charge < -0.3 is 10.1 Å². The Morgan fingerprint density at radius 1 is 1.62 bits per heavy atom. The van der Waals surface area contributed by atoms with E-state index in [9.17, 15) is 4.79 Å². The summed E-state index contributed by atoms with van der Waals surface area (Å²) in [5, 5.41) is 6.17. The van der Waals surface area contributed by atoms with Crippen molar-refractivity contribution in [3.8, 4) is 0 Å². The summed E-state index contributed by atoms with van der Waals surface area (Å²) < 4.78 is 5.06. The number of hydrogen-bond acceptors (Lipinski definition) is 4. The molecule has 1 amide bonds. The Kier molecular flexibility index (Phi) is 5.58. The van der Waals surface area contributed by atoms with Gasteiger partial charge in [0.2, 0.25) is 5.91 Å². The number of methoxy groups -OCH3 is 1. The van der Waals surface area contributed by atoms with Crippen LogP contribution < -0.4 is 10.6 Å². The Morgan fingerprint density at radius 3 is 2.94 bits per heavy atom. The number of carbonyl (C=O) groups excluding carboxylic acids is 1. The molecule has 4 nitrogen and oxygen atoms in total. The van der Waals surface area contributed by atoms with Gasteiger partial charge in [0.1, 0.15) is 0 Å². The molecule has 2 N–H and O–H groups in total. The Morgan fingerprint density at radius 2 is 2.38 bits per heavy atom. The van der Waals surface area contributed by atoms with Crippen LogP contribution in [0.15, 0.2) is 0 Å². The van der Waals surface area contributed by atoms with Gasteiger partial charge in [0.25, 0.3) is 0 Å². The van der Waals surface area contributed by atoms with Crippen LogP contribution in [0.3, 0.4) is 0 Å². The number of hydrogen-bond donors (Lipinski definition) is 2. The second-order valence-electron chi connectivity index (χ2n) is 4.90. The molecule has 0 aromatic heterocycles. The molecular formula is C11H22N2O2S. The zero-order valence-electron chi connectivity index (χ0n) is 10.3. The van der Waals surface area contributed by atoms with Gasteiger partial charge in [0.15, 0.2) is 0 Å². The van der Waals surface area contributed by atoms with Gasteiger partial charge in [-0.1, -0.05) is 13.8 Å². The van der Waals surface area contributed by atoms with E-state index >= 15 is 0 Å². The minimum Gasteiger partial charge on any atom is -0.385 e. The first kappa shape index (κ1) is 13.8. The zero-order chi connectivity index (χ0) is 12.0. The normalized spacial score (nSPS) is 21.1. The number of ether oxygens (including phenoxy) is 1. The summed E-state index contributed by atoms with van der Waals surface area (Å²) in [6, 6.07) is -0.0109. The second kappa shape index (κ2) is 6.47. The maximum absolute atomic E-state index is 11.7. The fraction of sp³-hybridized carbons (Fsp3) is 0.909. The van der Waals surface area contributed by atoms with Crippen molar-refractivity contribution in [1.82, 2.24) is 10.6 Å². The van der Waals surface area contributed by atoms with Crippen molar-refractivity contribution in [2.75, 3.05) is 31.9 Å². The molecule has 16 heavy (non-hydrogen) atoms. The van der Waals surface area contributed by atoms with Gasteiger partial charge in [-0.05, 0) is 11.8 Å². The second-order valence-corrected chi connectivity index (χ2v) is 5.93. The Labute approximate surface area is 102 Å². The predicted octanol–water partition coefficient (Wildman–Crippen LogP) is 0.828. The quantitative estimate of drug-likeness (QED) is 0.729. The SMILES string of the molecule is COCCC(C)(C)CNC(=O)C1CSCN1. The van der Waals surface area contributed by atoms with Gasteiger partial charge in [-0.15, -0.1) is 11.8 Å². The maximum atomic E-state index is 11.7. The maximum Gasteiger partial charge on any atom is 0.238 e. The molecular weight excluding hydrogens is 224 g/mol. The van der Waals surface area contributed by atoms with Crippen LogP contribution >= 0.6 is 11.8 Å². The van der Waals surface area contributed by atoms with Crippen LogP contribution in [0.25, 0.3) is 0 Å². The number of rotatable bonds is 6. The van der Waals surface area contributed by atoms with E-state index in [1.807, 2.05) is 0 Å². The van der Waals surface area contributed by atoms with Crippen LogP contribution in [-0.2, 0) is 9.53 Å². The van der Waals surface area contributed by atoms with E-state index in [4.69, 9.17) is 4.74 Å². The lowest BCUT2D eigenvalue weighted by atomic mass is 9.89. The molecule has 1 heterocycles. The van der Waals surface area contributed by atoms with Crippen molar-refractivity contribution in [3.05, 3.63) is 0 Å². The summed E-state index contributed by atoms with van der Waals surface area (Å²) >= 11 is 1.77. The number of nitrogens with one attached hydrogen (secondary N) is 2. The fourth-order valence-corrected chi connectivity index (χ4v) is 2.42. The highest BCUT2D eigenvalue weighted by Crippen LogP contribution is 2.19. The highest BCUT2D eigenvalue weighted by molar-refractivity contribution is 7.99. The highest BCUT2D eigenvalue weighted by Gasteiger charge is 2.24. The molecule has 1 aliphatic rings. The van der Waals surface area contributed by atoms with Gasteiger partial charge >= 0.3 is 0 Å². The molecule has 1 unspecified atom stereocenters. The lowest BCUT2D eigenvalue weighted by molar-refractivity contribution is -0.122. The van der Waals surface area contributed by atoms with Gasteiger partial charge in [-0.3, -0.25) is 10.1 Å². The first-order chi connectivity index (χ1) is 7.55. The van der Waals surface area contributed by atoms with Gasteiger partial charge in [0, 0.05) is 31.9 Å². The molecule has 0 bridgehead atoms. The van der Waals surface area contributed by atoms with Crippen molar-refractivity contribution in [1.29, 1.82) is 0 Å². The monoisotopic (exact) mass is 246 g/mol. The van der Waals surface area contributed by atoms with Crippen molar-refractivity contribution >= 4 is 17.7 Å². The van der Waals surface area contributed by atoms with Crippen molar-refractivity contribution < 1.29 is 9.53 Å². The van der Waals surface area contributed by atoms with Crippen LogP contribution in [0.4, 0.5) is 0 Å². The molecule has 0 aromatic carbocycles. The van der Waals surface area contributed by atoms with E-state index in [0.29, 0.717) is 6.54 Å². The molecule has 94 valence electrons. The summed E-state index contributed by atoms with van der Waals surface area (Å²) in [5.74, 6) is 1.88. The van der Waals surface area contributed by atoms with Crippen LogP contribution in [-0.4, -0.2) is 43.8 Å². The molecule has 0 saturated carbocycles. The standard InChI is InChI=1S/C11H22N2O2S/c1-11(2,4-5-15-3)7-12-10(14)9-6-16-8-13-9/h9,13H,4-8H2,1-3H3,(H,12,14). The zero-order valence-corrected chi connectivity index (χ0v) is 11.2. The average molecular weight is 246 g/mol. The molecule has 1 fully saturated rings. The van der Waals surface area contributed by atoms with Crippen molar-refractivity contribution in [2.45, 2.75) is 26.3 Å². The van der Waals surface area contributed by atoms with Crippen LogP contribution in [0, 0.1) is 5.41 Å². The largest absolute Gasteiger partial charge is 0.385 e. The fourth-order valence-electron chi connectivity index (χ4n) is 1.48. The number of thioether (sulfide) groups is 1. The summed E-state index contributed by atoms with van der Waals surface area (Å²) in [7, 11) is 1.70. The van der Waals surface area contributed by atoms with E-state index in [-0.39, 0.29) is 17.4 Å². The highest BCUT2D eigenvalue weighted by atomic mass is 32.2. The topological polar surface area (TPSA) is 50.4 Å². The van der Waals surface area contributed by atoms with E-state index in [2.05, 4.69) is 24.5 Å². The number of amides is 1. The Bertz CT molecular complexity index is 228. The van der Waals surface area contributed by atoms with Gasteiger partial charge in [-0.25, -0.2) is 0 Å². The molecule has 5 heteroatoms. The molecule has 1 aliphatic heterocycles. The molecule has 0 aliphatic carbocycles. The first-order valence-electron chi connectivity index (χ1n) is 5.63. The lowest BCUT2D eigenvalue weighted by Crippen LogP contribution is -2.45. The van der Waals surface area contributed by atoms with Crippen molar-refractivity contribution in [2.24, 2.45) is 5.41 Å². The Balaban J connectivity index is 2.24. The molecule has 0 spiro atoms. The van der Waals surface area contributed by atoms with Crippen LogP contribution in [0.1, 0.15) is 20.3 Å². The van der Waals surface area contributed by atoms with Crippen LogP contribution in [0.5, 0.6) is 0 Å². The first-order valence-corrected chi connectivity index (χ1v) is 6.78. The van der Waals surface area contributed by atoms with E-state index in [0.717, 1.165) is 24.7 Å². The van der Waals surface area contributed by atoms with Gasteiger partial charge in [0.05, 0.1) is 6.04 Å². The molecule has 0 aromatic rings. The minimum absolute atomic E-state index is 0.0109. The smallest absolute Gasteiger partial charge is 0.238 e. The third kappa shape index (κ3) is 4.72. The molecule has 1 atom stereocenters.